The van der Waals surface area contributed by atoms with Crippen LogP contribution in [0.15, 0.2) is 47.1 Å². The van der Waals surface area contributed by atoms with Gasteiger partial charge >= 0.3 is 0 Å². The lowest BCUT2D eigenvalue weighted by atomic mass is 10.0. The number of carbonyl (C=O) groups is 1. The maximum Gasteiger partial charge on any atom is 0.244 e. The molecule has 0 saturated carbocycles. The monoisotopic (exact) mass is 285 g/mol. The standard InChI is InChI=1S/C17H19NO3/c1-12-6-8-16(20-3)15(11-12)13(2)18-17(19)9-7-14-5-4-10-21-14/h4-11,13H,1-3H3,(H,18,19)/b9-7+/t13-/m0/s1. The molecule has 1 N–H and O–H groups in total. The van der Waals surface area contributed by atoms with E-state index in [0.717, 1.165) is 16.9 Å². The van der Waals surface area contributed by atoms with E-state index in [9.17, 15) is 4.79 Å². The van der Waals surface area contributed by atoms with Crippen LogP contribution < -0.4 is 10.1 Å². The lowest BCUT2D eigenvalue weighted by Crippen LogP contribution is -2.25. The molecule has 2 aromatic rings. The second kappa shape index (κ2) is 6.79. The summed E-state index contributed by atoms with van der Waals surface area (Å²) >= 11 is 0. The van der Waals surface area contributed by atoms with Gasteiger partial charge in [0.25, 0.3) is 0 Å². The summed E-state index contributed by atoms with van der Waals surface area (Å²) in [7, 11) is 1.62. The number of furan rings is 1. The fourth-order valence-electron chi connectivity index (χ4n) is 2.08. The second-order valence-corrected chi connectivity index (χ2v) is 4.82. The number of ether oxygens (including phenoxy) is 1. The fourth-order valence-corrected chi connectivity index (χ4v) is 2.08. The highest BCUT2D eigenvalue weighted by Crippen LogP contribution is 2.25. The highest BCUT2D eigenvalue weighted by molar-refractivity contribution is 5.91. The van der Waals surface area contributed by atoms with Gasteiger partial charge in [-0.2, -0.15) is 0 Å². The van der Waals surface area contributed by atoms with E-state index in [0.29, 0.717) is 5.76 Å². The van der Waals surface area contributed by atoms with Crippen LogP contribution in [0.1, 0.15) is 29.9 Å². The Hall–Kier alpha value is -2.49. The summed E-state index contributed by atoms with van der Waals surface area (Å²) in [4.78, 5) is 11.9. The number of hydrogen-bond acceptors (Lipinski definition) is 3. The highest BCUT2D eigenvalue weighted by Gasteiger charge is 2.13. The van der Waals surface area contributed by atoms with Gasteiger partial charge in [-0.3, -0.25) is 4.79 Å². The van der Waals surface area contributed by atoms with Crippen LogP contribution in [0, 0.1) is 6.92 Å². The van der Waals surface area contributed by atoms with Gasteiger partial charge in [-0.25, -0.2) is 0 Å². The minimum Gasteiger partial charge on any atom is -0.496 e. The Labute approximate surface area is 124 Å². The summed E-state index contributed by atoms with van der Waals surface area (Å²) in [5.41, 5.74) is 2.08. The number of rotatable bonds is 5. The van der Waals surface area contributed by atoms with Crippen molar-refractivity contribution in [3.05, 3.63) is 59.6 Å². The number of aryl methyl sites for hydroxylation is 1. The number of amides is 1. The van der Waals surface area contributed by atoms with Crippen molar-refractivity contribution in [1.82, 2.24) is 5.32 Å². The quantitative estimate of drug-likeness (QED) is 0.856. The van der Waals surface area contributed by atoms with Gasteiger partial charge in [-0.05, 0) is 38.1 Å². The third kappa shape index (κ3) is 3.99. The van der Waals surface area contributed by atoms with Gasteiger partial charge in [0.2, 0.25) is 5.91 Å². The van der Waals surface area contributed by atoms with Crippen molar-refractivity contribution in [2.45, 2.75) is 19.9 Å². The minimum atomic E-state index is -0.178. The molecule has 2 rings (SSSR count). The second-order valence-electron chi connectivity index (χ2n) is 4.82. The summed E-state index contributed by atoms with van der Waals surface area (Å²) in [5, 5.41) is 2.91. The molecule has 1 amide bonds. The van der Waals surface area contributed by atoms with Gasteiger partial charge in [0, 0.05) is 11.6 Å². The molecular formula is C17H19NO3. The van der Waals surface area contributed by atoms with Gasteiger partial charge in [-0.15, -0.1) is 0 Å². The topological polar surface area (TPSA) is 51.5 Å². The Morgan fingerprint density at radius 1 is 1.38 bits per heavy atom. The molecule has 1 atom stereocenters. The Bertz CT molecular complexity index is 629. The van der Waals surface area contributed by atoms with Crippen LogP contribution in [-0.4, -0.2) is 13.0 Å². The normalized spacial score (nSPS) is 12.3. The Kier molecular flexibility index (Phi) is 4.82. The highest BCUT2D eigenvalue weighted by atomic mass is 16.5. The third-order valence-electron chi connectivity index (χ3n) is 3.15. The molecule has 0 unspecified atom stereocenters. The average molecular weight is 285 g/mol. The van der Waals surface area contributed by atoms with E-state index in [1.165, 1.54) is 6.08 Å². The Morgan fingerprint density at radius 2 is 2.19 bits per heavy atom. The maximum atomic E-state index is 11.9. The van der Waals surface area contributed by atoms with E-state index < -0.39 is 0 Å². The van der Waals surface area contributed by atoms with E-state index in [1.54, 1.807) is 31.6 Å². The average Bonchev–Trinajstić information content (AvgIpc) is 2.98. The van der Waals surface area contributed by atoms with E-state index in [4.69, 9.17) is 9.15 Å². The first-order chi connectivity index (χ1) is 10.1. The lowest BCUT2D eigenvalue weighted by molar-refractivity contribution is -0.117. The zero-order valence-electron chi connectivity index (χ0n) is 12.4. The van der Waals surface area contributed by atoms with Crippen LogP contribution in [-0.2, 0) is 4.79 Å². The summed E-state index contributed by atoms with van der Waals surface area (Å²) in [6, 6.07) is 9.32. The van der Waals surface area contributed by atoms with Crippen LogP contribution in [0.3, 0.4) is 0 Å². The van der Waals surface area contributed by atoms with Gasteiger partial charge in [-0.1, -0.05) is 17.7 Å². The predicted molar refractivity (Wildman–Crippen MR) is 82.0 cm³/mol. The van der Waals surface area contributed by atoms with Crippen molar-refractivity contribution >= 4 is 12.0 Å². The smallest absolute Gasteiger partial charge is 0.244 e. The number of benzene rings is 1. The molecule has 1 aromatic carbocycles. The molecule has 0 radical (unpaired) electrons. The first-order valence-corrected chi connectivity index (χ1v) is 6.77. The third-order valence-corrected chi connectivity index (χ3v) is 3.15. The molecule has 1 heterocycles. The van der Waals surface area contributed by atoms with Gasteiger partial charge < -0.3 is 14.5 Å². The summed E-state index contributed by atoms with van der Waals surface area (Å²) < 4.78 is 10.5. The predicted octanol–water partition coefficient (Wildman–Crippen LogP) is 3.49. The zero-order valence-corrected chi connectivity index (χ0v) is 12.4. The molecule has 0 aliphatic heterocycles. The van der Waals surface area contributed by atoms with Crippen LogP contribution >= 0.6 is 0 Å². The number of methoxy groups -OCH3 is 1. The van der Waals surface area contributed by atoms with Crippen molar-refractivity contribution < 1.29 is 13.9 Å². The van der Waals surface area contributed by atoms with Crippen LogP contribution in [0.5, 0.6) is 5.75 Å². The summed E-state index contributed by atoms with van der Waals surface area (Å²) in [6.45, 7) is 3.93. The van der Waals surface area contributed by atoms with Crippen molar-refractivity contribution in [3.63, 3.8) is 0 Å². The fraction of sp³-hybridized carbons (Fsp3) is 0.235. The van der Waals surface area contributed by atoms with Crippen LogP contribution in [0.2, 0.25) is 0 Å². The number of hydrogen-bond donors (Lipinski definition) is 1. The van der Waals surface area contributed by atoms with Gasteiger partial charge in [0.05, 0.1) is 19.4 Å². The van der Waals surface area contributed by atoms with Crippen molar-refractivity contribution in [3.8, 4) is 5.75 Å². The van der Waals surface area contributed by atoms with Crippen molar-refractivity contribution in [2.24, 2.45) is 0 Å². The van der Waals surface area contributed by atoms with Crippen molar-refractivity contribution in [1.29, 1.82) is 0 Å². The molecule has 0 fully saturated rings. The molecule has 0 aliphatic carbocycles. The van der Waals surface area contributed by atoms with Crippen LogP contribution in [0.4, 0.5) is 0 Å². The van der Waals surface area contributed by atoms with E-state index in [2.05, 4.69) is 5.32 Å². The molecule has 0 saturated heterocycles. The van der Waals surface area contributed by atoms with E-state index in [-0.39, 0.29) is 11.9 Å². The summed E-state index contributed by atoms with van der Waals surface area (Å²) in [5.74, 6) is 1.23. The van der Waals surface area contributed by atoms with Crippen LogP contribution in [0.25, 0.3) is 6.08 Å². The molecule has 0 aliphatic rings. The molecule has 0 bridgehead atoms. The van der Waals surface area contributed by atoms with Gasteiger partial charge in [0.15, 0.2) is 0 Å². The molecule has 0 spiro atoms. The number of nitrogens with one attached hydrogen (secondary N) is 1. The lowest BCUT2D eigenvalue weighted by Gasteiger charge is -2.17. The van der Waals surface area contributed by atoms with E-state index in [1.807, 2.05) is 32.0 Å². The molecule has 110 valence electrons. The van der Waals surface area contributed by atoms with Crippen molar-refractivity contribution in [2.75, 3.05) is 7.11 Å². The zero-order chi connectivity index (χ0) is 15.2. The van der Waals surface area contributed by atoms with Gasteiger partial charge in [0.1, 0.15) is 11.5 Å². The molecule has 4 heteroatoms. The molecule has 1 aromatic heterocycles. The molecule has 21 heavy (non-hydrogen) atoms. The first kappa shape index (κ1) is 14.9. The Morgan fingerprint density at radius 3 is 2.86 bits per heavy atom. The number of carbonyl (C=O) groups excluding carboxylic acids is 1. The first-order valence-electron chi connectivity index (χ1n) is 6.77. The van der Waals surface area contributed by atoms with E-state index >= 15 is 0 Å². The minimum absolute atomic E-state index is 0.145. The molecule has 4 nitrogen and oxygen atoms in total. The SMILES string of the molecule is COc1ccc(C)cc1[C@H](C)NC(=O)/C=C/c1ccco1. The summed E-state index contributed by atoms with van der Waals surface area (Å²) in [6.07, 6.45) is 4.66. The molecular weight excluding hydrogens is 266 g/mol. The Balaban J connectivity index is 2.05. The largest absolute Gasteiger partial charge is 0.496 e. The maximum absolute atomic E-state index is 11.9.